The maximum absolute atomic E-state index is 9.67. The lowest BCUT2D eigenvalue weighted by Crippen LogP contribution is -2.20. The summed E-state index contributed by atoms with van der Waals surface area (Å²) in [7, 11) is 0. The van der Waals surface area contributed by atoms with E-state index < -0.39 is 0 Å². The Morgan fingerprint density at radius 1 is 1.17 bits per heavy atom. The first-order chi connectivity index (χ1) is 8.65. The highest BCUT2D eigenvalue weighted by Crippen LogP contribution is 2.11. The second-order valence-electron chi connectivity index (χ2n) is 4.44. The van der Waals surface area contributed by atoms with E-state index in [1.54, 1.807) is 0 Å². The van der Waals surface area contributed by atoms with E-state index in [4.69, 9.17) is 0 Å². The van der Waals surface area contributed by atoms with Crippen LogP contribution in [0, 0.1) is 6.92 Å². The van der Waals surface area contributed by atoms with Gasteiger partial charge in [0.05, 0.1) is 6.10 Å². The van der Waals surface area contributed by atoms with Gasteiger partial charge in [-0.05, 0) is 19.8 Å². The molecular weight excluding hydrogens is 228 g/mol. The van der Waals surface area contributed by atoms with Gasteiger partial charge in [-0.2, -0.15) is 0 Å². The van der Waals surface area contributed by atoms with E-state index in [-0.39, 0.29) is 6.10 Å². The number of aliphatic hydroxyl groups is 1. The third kappa shape index (κ3) is 5.31. The van der Waals surface area contributed by atoms with Crippen molar-refractivity contribution < 1.29 is 5.11 Å². The second-order valence-corrected chi connectivity index (χ2v) is 4.44. The Morgan fingerprint density at radius 3 is 2.44 bits per heavy atom. The molecular formula is C13H24N4O. The Morgan fingerprint density at radius 2 is 1.83 bits per heavy atom. The lowest BCUT2D eigenvalue weighted by Gasteiger charge is -2.12. The van der Waals surface area contributed by atoms with Gasteiger partial charge in [0.15, 0.2) is 0 Å². The topological polar surface area (TPSA) is 70.1 Å². The van der Waals surface area contributed by atoms with Crippen molar-refractivity contribution in [3.05, 3.63) is 11.9 Å². The molecule has 102 valence electrons. The molecule has 0 spiro atoms. The third-order valence-electron chi connectivity index (χ3n) is 2.53. The molecule has 0 saturated carbocycles. The van der Waals surface area contributed by atoms with Gasteiger partial charge in [-0.15, -0.1) is 0 Å². The van der Waals surface area contributed by atoms with E-state index in [2.05, 4.69) is 34.4 Å². The number of aromatic nitrogens is 2. The van der Waals surface area contributed by atoms with Gasteiger partial charge in [0, 0.05) is 19.2 Å². The molecule has 5 nitrogen and oxygen atoms in total. The van der Waals surface area contributed by atoms with Gasteiger partial charge < -0.3 is 15.7 Å². The van der Waals surface area contributed by atoms with Crippen LogP contribution in [-0.2, 0) is 0 Å². The molecule has 0 radical (unpaired) electrons. The molecule has 0 bridgehead atoms. The first-order valence-corrected chi connectivity index (χ1v) is 6.67. The maximum Gasteiger partial charge on any atom is 0.131 e. The van der Waals surface area contributed by atoms with Gasteiger partial charge in [0.25, 0.3) is 0 Å². The Balaban J connectivity index is 2.56. The van der Waals surface area contributed by atoms with E-state index in [1.807, 2.05) is 13.0 Å². The largest absolute Gasteiger partial charge is 0.391 e. The molecule has 1 aromatic heterocycles. The summed E-state index contributed by atoms with van der Waals surface area (Å²) in [6.45, 7) is 7.46. The zero-order valence-corrected chi connectivity index (χ0v) is 11.5. The van der Waals surface area contributed by atoms with Crippen LogP contribution in [0.1, 0.15) is 38.9 Å². The van der Waals surface area contributed by atoms with Crippen molar-refractivity contribution in [1.29, 1.82) is 0 Å². The van der Waals surface area contributed by atoms with Crippen molar-refractivity contribution in [2.45, 2.75) is 46.1 Å². The predicted molar refractivity (Wildman–Crippen MR) is 75.0 cm³/mol. The number of aliphatic hydroxyl groups excluding tert-OH is 1. The van der Waals surface area contributed by atoms with E-state index in [1.165, 1.54) is 0 Å². The van der Waals surface area contributed by atoms with Crippen LogP contribution in [0.2, 0.25) is 0 Å². The van der Waals surface area contributed by atoms with Crippen LogP contribution >= 0.6 is 0 Å². The van der Waals surface area contributed by atoms with Crippen molar-refractivity contribution in [1.82, 2.24) is 9.97 Å². The highest BCUT2D eigenvalue weighted by molar-refractivity contribution is 5.47. The quantitative estimate of drug-likeness (QED) is 0.661. The molecule has 1 atom stereocenters. The molecule has 3 N–H and O–H groups in total. The summed E-state index contributed by atoms with van der Waals surface area (Å²) >= 11 is 0. The van der Waals surface area contributed by atoms with Gasteiger partial charge >= 0.3 is 0 Å². The van der Waals surface area contributed by atoms with Crippen molar-refractivity contribution in [2.75, 3.05) is 23.7 Å². The maximum atomic E-state index is 9.67. The standard InChI is InChI=1S/C13H24N4O/c1-4-6-11(18)9-15-13-8-12(14-7-5-2)16-10(3)17-13/h8,11,18H,4-7,9H2,1-3H3,(H2,14,15,16,17). The number of hydrogen-bond acceptors (Lipinski definition) is 5. The van der Waals surface area contributed by atoms with Crippen LogP contribution in [0.3, 0.4) is 0 Å². The summed E-state index contributed by atoms with van der Waals surface area (Å²) < 4.78 is 0. The third-order valence-corrected chi connectivity index (χ3v) is 2.53. The minimum Gasteiger partial charge on any atom is -0.391 e. The van der Waals surface area contributed by atoms with Crippen LogP contribution in [0.15, 0.2) is 6.07 Å². The Hall–Kier alpha value is -1.36. The van der Waals surface area contributed by atoms with Gasteiger partial charge in [0.1, 0.15) is 17.5 Å². The summed E-state index contributed by atoms with van der Waals surface area (Å²) in [5.74, 6) is 2.32. The molecule has 18 heavy (non-hydrogen) atoms. The SMILES string of the molecule is CCCNc1cc(NCC(O)CCC)nc(C)n1. The van der Waals surface area contributed by atoms with Gasteiger partial charge in [0.2, 0.25) is 0 Å². The zero-order chi connectivity index (χ0) is 13.4. The normalized spacial score (nSPS) is 12.2. The number of nitrogens with one attached hydrogen (secondary N) is 2. The summed E-state index contributed by atoms with van der Waals surface area (Å²) in [4.78, 5) is 8.61. The molecule has 0 aliphatic heterocycles. The zero-order valence-electron chi connectivity index (χ0n) is 11.5. The average Bonchev–Trinajstić information content (AvgIpc) is 2.34. The second kappa shape index (κ2) is 7.87. The van der Waals surface area contributed by atoms with Crippen molar-refractivity contribution in [3.8, 4) is 0 Å². The van der Waals surface area contributed by atoms with Crippen LogP contribution < -0.4 is 10.6 Å². The first kappa shape index (κ1) is 14.7. The summed E-state index contributed by atoms with van der Waals surface area (Å²) in [6.07, 6.45) is 2.52. The highest BCUT2D eigenvalue weighted by Gasteiger charge is 2.05. The summed E-state index contributed by atoms with van der Waals surface area (Å²) in [6, 6.07) is 1.88. The minimum atomic E-state index is -0.322. The molecule has 0 saturated heterocycles. The molecule has 1 unspecified atom stereocenters. The average molecular weight is 252 g/mol. The van der Waals surface area contributed by atoms with Crippen LogP contribution in [0.5, 0.6) is 0 Å². The van der Waals surface area contributed by atoms with Crippen LogP contribution in [0.25, 0.3) is 0 Å². The van der Waals surface area contributed by atoms with Crippen LogP contribution in [-0.4, -0.2) is 34.3 Å². The fourth-order valence-electron chi connectivity index (χ4n) is 1.66. The van der Waals surface area contributed by atoms with Crippen molar-refractivity contribution in [2.24, 2.45) is 0 Å². The Bertz CT molecular complexity index is 357. The number of anilines is 2. The molecule has 0 amide bonds. The lowest BCUT2D eigenvalue weighted by atomic mass is 10.2. The molecule has 0 aromatic carbocycles. The van der Waals surface area contributed by atoms with E-state index >= 15 is 0 Å². The Labute approximate surface area is 109 Å². The number of nitrogens with zero attached hydrogens (tertiary/aromatic N) is 2. The van der Waals surface area contributed by atoms with Gasteiger partial charge in [-0.25, -0.2) is 9.97 Å². The molecule has 1 rings (SSSR count). The first-order valence-electron chi connectivity index (χ1n) is 6.67. The molecule has 5 heteroatoms. The molecule has 0 fully saturated rings. The molecule has 1 aromatic rings. The summed E-state index contributed by atoms with van der Waals surface area (Å²) in [5, 5.41) is 16.0. The van der Waals surface area contributed by atoms with Crippen LogP contribution in [0.4, 0.5) is 11.6 Å². The fraction of sp³-hybridized carbons (Fsp3) is 0.692. The van der Waals surface area contributed by atoms with E-state index in [9.17, 15) is 5.11 Å². The highest BCUT2D eigenvalue weighted by atomic mass is 16.3. The lowest BCUT2D eigenvalue weighted by molar-refractivity contribution is 0.176. The number of rotatable bonds is 8. The fourth-order valence-corrected chi connectivity index (χ4v) is 1.66. The predicted octanol–water partition coefficient (Wildman–Crippen LogP) is 2.18. The molecule has 0 aliphatic carbocycles. The molecule has 0 aliphatic rings. The number of aryl methyl sites for hydroxylation is 1. The van der Waals surface area contributed by atoms with E-state index in [0.717, 1.165) is 43.3 Å². The molecule has 1 heterocycles. The van der Waals surface area contributed by atoms with Gasteiger partial charge in [-0.3, -0.25) is 0 Å². The summed E-state index contributed by atoms with van der Waals surface area (Å²) in [5.41, 5.74) is 0. The smallest absolute Gasteiger partial charge is 0.131 e. The Kier molecular flexibility index (Phi) is 6.43. The van der Waals surface area contributed by atoms with Gasteiger partial charge in [-0.1, -0.05) is 20.3 Å². The minimum absolute atomic E-state index is 0.322. The monoisotopic (exact) mass is 252 g/mol. The van der Waals surface area contributed by atoms with Crippen molar-refractivity contribution in [3.63, 3.8) is 0 Å². The van der Waals surface area contributed by atoms with Crippen molar-refractivity contribution >= 4 is 11.6 Å². The van der Waals surface area contributed by atoms with E-state index in [0.29, 0.717) is 6.54 Å². The number of hydrogen-bond donors (Lipinski definition) is 3.